The van der Waals surface area contributed by atoms with E-state index in [1.807, 2.05) is 0 Å². The first-order valence-electron chi connectivity index (χ1n) is 5.44. The highest BCUT2D eigenvalue weighted by atomic mass is 16.4. The van der Waals surface area contributed by atoms with Gasteiger partial charge < -0.3 is 9.67 Å². The molecule has 1 aromatic heterocycles. The molecule has 0 aliphatic rings. The summed E-state index contributed by atoms with van der Waals surface area (Å²) in [6.07, 6.45) is 3.54. The van der Waals surface area contributed by atoms with Gasteiger partial charge in [0.1, 0.15) is 0 Å². The van der Waals surface area contributed by atoms with Gasteiger partial charge in [0.15, 0.2) is 0 Å². The first kappa shape index (κ1) is 12.5. The minimum absolute atomic E-state index is 0.0464. The van der Waals surface area contributed by atoms with Gasteiger partial charge in [-0.25, -0.2) is 4.79 Å². The molecule has 0 aromatic carbocycles. The van der Waals surface area contributed by atoms with Crippen LogP contribution in [0.2, 0.25) is 0 Å². The van der Waals surface area contributed by atoms with E-state index in [-0.39, 0.29) is 11.1 Å². The quantitative estimate of drug-likeness (QED) is 0.830. The van der Waals surface area contributed by atoms with Crippen LogP contribution >= 0.6 is 0 Å². The number of hydrogen-bond acceptors (Lipinski definition) is 2. The van der Waals surface area contributed by atoms with Crippen LogP contribution in [0.5, 0.6) is 0 Å². The van der Waals surface area contributed by atoms with Gasteiger partial charge in [0.25, 0.3) is 5.56 Å². The Morgan fingerprint density at radius 1 is 1.50 bits per heavy atom. The fourth-order valence-electron chi connectivity index (χ4n) is 1.50. The zero-order chi connectivity index (χ0) is 12.1. The van der Waals surface area contributed by atoms with Crippen molar-refractivity contribution in [1.82, 2.24) is 4.57 Å². The number of nitrogens with zero attached hydrogens (tertiary/aromatic N) is 1. The van der Waals surface area contributed by atoms with Crippen molar-refractivity contribution in [1.29, 1.82) is 0 Å². The molecule has 0 atom stereocenters. The molecule has 0 unspecified atom stereocenters. The molecular weight excluding hydrogens is 206 g/mol. The van der Waals surface area contributed by atoms with Crippen molar-refractivity contribution in [3.05, 3.63) is 34.2 Å². The smallest absolute Gasteiger partial charge is 0.335 e. The third kappa shape index (κ3) is 3.53. The molecule has 1 heterocycles. The number of carboxylic acids is 1. The summed E-state index contributed by atoms with van der Waals surface area (Å²) >= 11 is 0. The standard InChI is InChI=1S/C12H17NO3/c1-9(2)4-3-6-13-7-5-10(12(15)16)8-11(13)14/h5,7-9H,3-4,6H2,1-2H3,(H,15,16). The van der Waals surface area contributed by atoms with Crippen molar-refractivity contribution >= 4 is 5.97 Å². The van der Waals surface area contributed by atoms with Gasteiger partial charge in [0, 0.05) is 18.8 Å². The molecule has 0 radical (unpaired) electrons. The molecule has 0 aliphatic carbocycles. The molecule has 0 spiro atoms. The third-order valence-corrected chi connectivity index (χ3v) is 2.42. The Kier molecular flexibility index (Phi) is 4.28. The summed E-state index contributed by atoms with van der Waals surface area (Å²) in [7, 11) is 0. The van der Waals surface area contributed by atoms with Crippen molar-refractivity contribution in [3.63, 3.8) is 0 Å². The van der Waals surface area contributed by atoms with Gasteiger partial charge in [0.2, 0.25) is 0 Å². The van der Waals surface area contributed by atoms with Crippen LogP contribution in [0, 0.1) is 5.92 Å². The SMILES string of the molecule is CC(C)CCCn1ccc(C(=O)O)cc1=O. The predicted molar refractivity (Wildman–Crippen MR) is 61.7 cm³/mol. The first-order valence-corrected chi connectivity index (χ1v) is 5.44. The highest BCUT2D eigenvalue weighted by molar-refractivity contribution is 5.87. The minimum Gasteiger partial charge on any atom is -0.478 e. The Balaban J connectivity index is 2.69. The molecule has 0 amide bonds. The van der Waals surface area contributed by atoms with Crippen molar-refractivity contribution in [2.24, 2.45) is 5.92 Å². The Hall–Kier alpha value is -1.58. The van der Waals surface area contributed by atoms with Crippen LogP contribution < -0.4 is 5.56 Å². The second kappa shape index (κ2) is 5.49. The molecule has 0 fully saturated rings. The number of pyridine rings is 1. The maximum absolute atomic E-state index is 11.5. The maximum Gasteiger partial charge on any atom is 0.335 e. The largest absolute Gasteiger partial charge is 0.478 e. The zero-order valence-electron chi connectivity index (χ0n) is 9.64. The van der Waals surface area contributed by atoms with Crippen LogP contribution in [0.15, 0.2) is 23.1 Å². The topological polar surface area (TPSA) is 59.3 Å². The summed E-state index contributed by atoms with van der Waals surface area (Å²) in [6.45, 7) is 4.92. The van der Waals surface area contributed by atoms with E-state index in [1.165, 1.54) is 6.07 Å². The van der Waals surface area contributed by atoms with Gasteiger partial charge in [-0.1, -0.05) is 13.8 Å². The Labute approximate surface area is 94.5 Å². The van der Waals surface area contributed by atoms with E-state index in [4.69, 9.17) is 5.11 Å². The second-order valence-electron chi connectivity index (χ2n) is 4.29. The molecule has 0 aliphatic heterocycles. The van der Waals surface area contributed by atoms with Gasteiger partial charge in [0.05, 0.1) is 5.56 Å². The fraction of sp³-hybridized carbons (Fsp3) is 0.500. The van der Waals surface area contributed by atoms with Crippen LogP contribution in [0.3, 0.4) is 0 Å². The van der Waals surface area contributed by atoms with Gasteiger partial charge in [-0.2, -0.15) is 0 Å². The number of hydrogen-bond donors (Lipinski definition) is 1. The van der Waals surface area contributed by atoms with Gasteiger partial charge in [-0.05, 0) is 24.8 Å². The summed E-state index contributed by atoms with van der Waals surface area (Å²) in [6, 6.07) is 2.62. The predicted octanol–water partition coefficient (Wildman–Crippen LogP) is 1.98. The molecule has 16 heavy (non-hydrogen) atoms. The van der Waals surface area contributed by atoms with Crippen LogP contribution in [0.25, 0.3) is 0 Å². The van der Waals surface area contributed by atoms with Gasteiger partial charge in [-0.15, -0.1) is 0 Å². The number of aromatic nitrogens is 1. The number of aromatic carboxylic acids is 1. The molecule has 0 saturated carbocycles. The molecule has 4 nitrogen and oxygen atoms in total. The number of rotatable bonds is 5. The summed E-state index contributed by atoms with van der Waals surface area (Å²) in [4.78, 5) is 22.1. The average Bonchev–Trinajstić information content (AvgIpc) is 2.19. The van der Waals surface area contributed by atoms with E-state index in [0.717, 1.165) is 18.9 Å². The normalized spacial score (nSPS) is 10.7. The van der Waals surface area contributed by atoms with Crippen molar-refractivity contribution < 1.29 is 9.90 Å². The molecule has 0 saturated heterocycles. The van der Waals surface area contributed by atoms with Crippen LogP contribution in [0.4, 0.5) is 0 Å². The zero-order valence-corrected chi connectivity index (χ0v) is 9.64. The van der Waals surface area contributed by atoms with E-state index < -0.39 is 5.97 Å². The highest BCUT2D eigenvalue weighted by Crippen LogP contribution is 2.04. The first-order chi connectivity index (χ1) is 7.50. The second-order valence-corrected chi connectivity index (χ2v) is 4.29. The lowest BCUT2D eigenvalue weighted by atomic mass is 10.1. The third-order valence-electron chi connectivity index (χ3n) is 2.42. The Morgan fingerprint density at radius 3 is 2.69 bits per heavy atom. The van der Waals surface area contributed by atoms with Crippen molar-refractivity contribution in [3.8, 4) is 0 Å². The monoisotopic (exact) mass is 223 g/mol. The Morgan fingerprint density at radius 2 is 2.19 bits per heavy atom. The molecule has 1 N–H and O–H groups in total. The number of carboxylic acid groups (broad SMARTS) is 1. The van der Waals surface area contributed by atoms with Gasteiger partial charge >= 0.3 is 5.97 Å². The van der Waals surface area contributed by atoms with Crippen molar-refractivity contribution in [2.45, 2.75) is 33.2 Å². The van der Waals surface area contributed by atoms with Crippen LogP contribution in [-0.2, 0) is 6.54 Å². The summed E-state index contributed by atoms with van der Waals surface area (Å²) < 4.78 is 1.55. The molecular formula is C12H17NO3. The number of aryl methyl sites for hydroxylation is 1. The molecule has 0 bridgehead atoms. The van der Waals surface area contributed by atoms with Crippen LogP contribution in [0.1, 0.15) is 37.0 Å². The molecule has 4 heteroatoms. The van der Waals surface area contributed by atoms with E-state index in [0.29, 0.717) is 12.5 Å². The lowest BCUT2D eigenvalue weighted by molar-refractivity contribution is 0.0696. The van der Waals surface area contributed by atoms with E-state index in [9.17, 15) is 9.59 Å². The summed E-state index contributed by atoms with van der Waals surface area (Å²) in [5, 5.41) is 8.70. The maximum atomic E-state index is 11.5. The van der Waals surface area contributed by atoms with E-state index in [2.05, 4.69) is 13.8 Å². The highest BCUT2D eigenvalue weighted by Gasteiger charge is 2.04. The average molecular weight is 223 g/mol. The van der Waals surface area contributed by atoms with Gasteiger partial charge in [-0.3, -0.25) is 4.79 Å². The number of carbonyl (C=O) groups is 1. The molecule has 1 rings (SSSR count). The van der Waals surface area contributed by atoms with E-state index in [1.54, 1.807) is 10.8 Å². The van der Waals surface area contributed by atoms with E-state index >= 15 is 0 Å². The molecule has 88 valence electrons. The summed E-state index contributed by atoms with van der Waals surface area (Å²) in [5.41, 5.74) is -0.200. The Bertz CT molecular complexity index is 421. The lowest BCUT2D eigenvalue weighted by Crippen LogP contribution is -2.20. The van der Waals surface area contributed by atoms with Crippen molar-refractivity contribution in [2.75, 3.05) is 0 Å². The minimum atomic E-state index is -1.06. The summed E-state index contributed by atoms with van der Waals surface area (Å²) in [5.74, 6) is -0.444. The molecule has 1 aromatic rings. The fourth-order valence-corrected chi connectivity index (χ4v) is 1.50. The lowest BCUT2D eigenvalue weighted by Gasteiger charge is -2.07. The van der Waals surface area contributed by atoms with Crippen LogP contribution in [-0.4, -0.2) is 15.6 Å².